The maximum Gasteiger partial charge on any atom is 0.257 e. The van der Waals surface area contributed by atoms with Crippen LogP contribution in [0.15, 0.2) is 0 Å². The number of halogens is 5. The minimum Gasteiger partial charge on any atom is -0.350 e. The van der Waals surface area contributed by atoms with Crippen LogP contribution in [0.3, 0.4) is 0 Å². The molecule has 110 valence electrons. The molecule has 1 saturated heterocycles. The van der Waals surface area contributed by atoms with E-state index in [4.69, 9.17) is 0 Å². The molecule has 0 bridgehead atoms. The van der Waals surface area contributed by atoms with Gasteiger partial charge in [0.15, 0.2) is 23.3 Å². The summed E-state index contributed by atoms with van der Waals surface area (Å²) in [6.45, 7) is 0.807. The van der Waals surface area contributed by atoms with Gasteiger partial charge in [-0.25, -0.2) is 22.0 Å². The third-order valence-electron chi connectivity index (χ3n) is 3.11. The zero-order valence-electron chi connectivity index (χ0n) is 10.2. The number of benzene rings is 1. The Morgan fingerprint density at radius 3 is 2.10 bits per heavy atom. The average Bonchev–Trinajstić information content (AvgIpc) is 2.94. The van der Waals surface area contributed by atoms with E-state index in [0.717, 1.165) is 19.4 Å². The third-order valence-corrected chi connectivity index (χ3v) is 3.11. The monoisotopic (exact) mass is 294 g/mol. The van der Waals surface area contributed by atoms with E-state index in [9.17, 15) is 26.7 Å². The van der Waals surface area contributed by atoms with Gasteiger partial charge in [0.05, 0.1) is 0 Å². The summed E-state index contributed by atoms with van der Waals surface area (Å²) in [5, 5.41) is 5.17. The second-order valence-corrected chi connectivity index (χ2v) is 4.45. The van der Waals surface area contributed by atoms with Crippen molar-refractivity contribution in [3.05, 3.63) is 34.6 Å². The second kappa shape index (κ2) is 5.74. The molecule has 2 rings (SSSR count). The highest BCUT2D eigenvalue weighted by Crippen LogP contribution is 2.22. The molecule has 20 heavy (non-hydrogen) atoms. The Bertz CT molecular complexity index is 514. The molecular weight excluding hydrogens is 283 g/mol. The lowest BCUT2D eigenvalue weighted by atomic mass is 10.1. The normalized spacial score (nSPS) is 18.4. The van der Waals surface area contributed by atoms with E-state index in [-0.39, 0.29) is 12.6 Å². The fraction of sp³-hybridized carbons (Fsp3) is 0.417. The molecule has 1 atom stereocenters. The van der Waals surface area contributed by atoms with Gasteiger partial charge >= 0.3 is 0 Å². The largest absolute Gasteiger partial charge is 0.350 e. The molecule has 1 aliphatic rings. The van der Waals surface area contributed by atoms with Gasteiger partial charge in [0.2, 0.25) is 5.82 Å². The van der Waals surface area contributed by atoms with Gasteiger partial charge in [0.25, 0.3) is 5.91 Å². The van der Waals surface area contributed by atoms with Gasteiger partial charge in [-0.15, -0.1) is 0 Å². The van der Waals surface area contributed by atoms with Crippen molar-refractivity contribution in [3.8, 4) is 0 Å². The van der Waals surface area contributed by atoms with Crippen LogP contribution in [0, 0.1) is 29.1 Å². The van der Waals surface area contributed by atoms with Crippen LogP contribution >= 0.6 is 0 Å². The summed E-state index contributed by atoms with van der Waals surface area (Å²) in [7, 11) is 0. The number of amides is 1. The summed E-state index contributed by atoms with van der Waals surface area (Å²) in [6, 6.07) is -0.0692. The SMILES string of the molecule is O=C(NCC1CCCN1)c1c(F)c(F)c(F)c(F)c1F. The van der Waals surface area contributed by atoms with E-state index in [2.05, 4.69) is 10.6 Å². The first-order chi connectivity index (χ1) is 9.43. The Kier molecular flexibility index (Phi) is 4.22. The van der Waals surface area contributed by atoms with E-state index in [1.54, 1.807) is 0 Å². The molecular formula is C12H11F5N2O. The molecule has 0 spiro atoms. The first-order valence-corrected chi connectivity index (χ1v) is 5.96. The van der Waals surface area contributed by atoms with Crippen LogP contribution in [-0.4, -0.2) is 25.0 Å². The summed E-state index contributed by atoms with van der Waals surface area (Å²) in [5.74, 6) is -12.1. The molecule has 8 heteroatoms. The summed E-state index contributed by atoms with van der Waals surface area (Å²) in [4.78, 5) is 11.6. The Balaban J connectivity index is 2.21. The first kappa shape index (κ1) is 14.7. The number of carbonyl (C=O) groups excluding carboxylic acids is 1. The quantitative estimate of drug-likeness (QED) is 0.507. The summed E-state index contributed by atoms with van der Waals surface area (Å²) >= 11 is 0. The topological polar surface area (TPSA) is 41.1 Å². The van der Waals surface area contributed by atoms with Crippen molar-refractivity contribution in [3.63, 3.8) is 0 Å². The van der Waals surface area contributed by atoms with E-state index < -0.39 is 40.6 Å². The lowest BCUT2D eigenvalue weighted by Crippen LogP contribution is -2.38. The van der Waals surface area contributed by atoms with Crippen molar-refractivity contribution in [2.45, 2.75) is 18.9 Å². The second-order valence-electron chi connectivity index (χ2n) is 4.45. The molecule has 0 saturated carbocycles. The average molecular weight is 294 g/mol. The van der Waals surface area contributed by atoms with E-state index >= 15 is 0 Å². The molecule has 1 heterocycles. The van der Waals surface area contributed by atoms with Crippen LogP contribution in [0.1, 0.15) is 23.2 Å². The highest BCUT2D eigenvalue weighted by Gasteiger charge is 2.30. The number of hydrogen-bond acceptors (Lipinski definition) is 2. The zero-order valence-corrected chi connectivity index (χ0v) is 10.2. The smallest absolute Gasteiger partial charge is 0.257 e. The number of hydrogen-bond donors (Lipinski definition) is 2. The van der Waals surface area contributed by atoms with Crippen molar-refractivity contribution >= 4 is 5.91 Å². The Morgan fingerprint density at radius 2 is 1.60 bits per heavy atom. The molecule has 2 N–H and O–H groups in total. The maximum absolute atomic E-state index is 13.4. The van der Waals surface area contributed by atoms with Gasteiger partial charge in [-0.05, 0) is 19.4 Å². The molecule has 1 unspecified atom stereocenters. The highest BCUT2D eigenvalue weighted by atomic mass is 19.2. The van der Waals surface area contributed by atoms with Gasteiger partial charge in [0, 0.05) is 12.6 Å². The van der Waals surface area contributed by atoms with Gasteiger partial charge in [-0.2, -0.15) is 0 Å². The lowest BCUT2D eigenvalue weighted by molar-refractivity contribution is 0.0938. The number of nitrogens with one attached hydrogen (secondary N) is 2. The van der Waals surface area contributed by atoms with Crippen LogP contribution in [0.4, 0.5) is 22.0 Å². The van der Waals surface area contributed by atoms with Gasteiger partial charge in [-0.3, -0.25) is 4.79 Å². The van der Waals surface area contributed by atoms with E-state index in [0.29, 0.717) is 0 Å². The van der Waals surface area contributed by atoms with Crippen LogP contribution in [0.25, 0.3) is 0 Å². The summed E-state index contributed by atoms with van der Waals surface area (Å²) < 4.78 is 65.4. The van der Waals surface area contributed by atoms with Crippen LogP contribution in [0.2, 0.25) is 0 Å². The van der Waals surface area contributed by atoms with E-state index in [1.807, 2.05) is 0 Å². The number of rotatable bonds is 3. The molecule has 1 amide bonds. The Hall–Kier alpha value is -1.70. The van der Waals surface area contributed by atoms with E-state index in [1.165, 1.54) is 0 Å². The van der Waals surface area contributed by atoms with Crippen molar-refractivity contribution < 1.29 is 26.7 Å². The predicted octanol–water partition coefficient (Wildman–Crippen LogP) is 1.86. The first-order valence-electron chi connectivity index (χ1n) is 5.96. The van der Waals surface area contributed by atoms with Crippen LogP contribution in [0.5, 0.6) is 0 Å². The minimum absolute atomic E-state index is 0.0539. The Morgan fingerprint density at radius 1 is 1.05 bits per heavy atom. The van der Waals surface area contributed by atoms with Crippen molar-refractivity contribution in [1.29, 1.82) is 0 Å². The van der Waals surface area contributed by atoms with Crippen molar-refractivity contribution in [2.75, 3.05) is 13.1 Å². The summed E-state index contributed by atoms with van der Waals surface area (Å²) in [5.41, 5.74) is -1.46. The summed E-state index contributed by atoms with van der Waals surface area (Å²) in [6.07, 6.45) is 1.65. The third kappa shape index (κ3) is 2.60. The molecule has 0 aromatic heterocycles. The highest BCUT2D eigenvalue weighted by molar-refractivity contribution is 5.94. The van der Waals surface area contributed by atoms with Crippen LogP contribution in [-0.2, 0) is 0 Å². The predicted molar refractivity (Wildman–Crippen MR) is 59.6 cm³/mol. The fourth-order valence-corrected chi connectivity index (χ4v) is 2.04. The van der Waals surface area contributed by atoms with Gasteiger partial charge in [-0.1, -0.05) is 0 Å². The molecule has 0 aliphatic carbocycles. The molecule has 1 aromatic carbocycles. The minimum atomic E-state index is -2.28. The van der Waals surface area contributed by atoms with Crippen LogP contribution < -0.4 is 10.6 Å². The number of carbonyl (C=O) groups is 1. The zero-order chi connectivity index (χ0) is 14.9. The lowest BCUT2D eigenvalue weighted by Gasteiger charge is -2.13. The molecule has 0 radical (unpaired) electrons. The standard InChI is InChI=1S/C12H11F5N2O/c13-7-6(8(14)10(16)11(17)9(7)15)12(20)19-4-5-2-1-3-18-5/h5,18H,1-4H2,(H,19,20). The molecule has 1 fully saturated rings. The van der Waals surface area contributed by atoms with Crippen molar-refractivity contribution in [2.24, 2.45) is 0 Å². The molecule has 1 aromatic rings. The fourth-order valence-electron chi connectivity index (χ4n) is 2.04. The van der Waals surface area contributed by atoms with Gasteiger partial charge in [0.1, 0.15) is 5.56 Å². The molecule has 1 aliphatic heterocycles. The Labute approximate surface area is 111 Å². The maximum atomic E-state index is 13.4. The molecule has 3 nitrogen and oxygen atoms in total. The van der Waals surface area contributed by atoms with Gasteiger partial charge < -0.3 is 10.6 Å². The van der Waals surface area contributed by atoms with Crippen molar-refractivity contribution in [1.82, 2.24) is 10.6 Å².